The van der Waals surface area contributed by atoms with Gasteiger partial charge in [-0.05, 0) is 30.5 Å². The molecule has 0 aromatic heterocycles. The highest BCUT2D eigenvalue weighted by molar-refractivity contribution is 9.10. The van der Waals surface area contributed by atoms with Gasteiger partial charge in [0, 0.05) is 30.5 Å². The first-order valence-electron chi connectivity index (χ1n) is 6.84. The lowest BCUT2D eigenvalue weighted by molar-refractivity contribution is -0.130. The number of benzene rings is 1. The number of hydrogen-bond acceptors (Lipinski definition) is 2. The van der Waals surface area contributed by atoms with Crippen LogP contribution in [0, 0.1) is 0 Å². The number of rotatable bonds is 6. The van der Waals surface area contributed by atoms with E-state index < -0.39 is 0 Å². The fourth-order valence-corrected chi connectivity index (χ4v) is 2.41. The van der Waals surface area contributed by atoms with Gasteiger partial charge in [-0.25, -0.2) is 0 Å². The Bertz CT molecular complexity index is 483. The van der Waals surface area contributed by atoms with Crippen LogP contribution in [0.3, 0.4) is 0 Å². The molecule has 2 rings (SSSR count). The molecule has 1 fully saturated rings. The van der Waals surface area contributed by atoms with Crippen LogP contribution in [0.25, 0.3) is 0 Å². The number of carbonyl (C=O) groups is 2. The fourth-order valence-electron chi connectivity index (χ4n) is 2.15. The molecule has 0 bridgehead atoms. The van der Waals surface area contributed by atoms with Crippen LogP contribution in [0.5, 0.6) is 0 Å². The van der Waals surface area contributed by atoms with Crippen molar-refractivity contribution < 1.29 is 9.59 Å². The number of nitrogens with one attached hydrogen (secondary N) is 1. The second kappa shape index (κ2) is 6.88. The summed E-state index contributed by atoms with van der Waals surface area (Å²) in [6.45, 7) is 2.71. The normalized spacial score (nSPS) is 13.9. The number of carbonyl (C=O) groups excluding carboxylic acids is 2. The summed E-state index contributed by atoms with van der Waals surface area (Å²) >= 11 is 3.36. The number of nitrogens with zero attached hydrogens (tertiary/aromatic N) is 1. The highest BCUT2D eigenvalue weighted by Gasteiger charge is 2.30. The minimum Gasteiger partial charge on any atom is -0.354 e. The average Bonchev–Trinajstić information content (AvgIpc) is 3.21. The summed E-state index contributed by atoms with van der Waals surface area (Å²) in [5.74, 6) is 0.0845. The largest absolute Gasteiger partial charge is 0.354 e. The fraction of sp³-hybridized carbons (Fsp3) is 0.467. The van der Waals surface area contributed by atoms with Crippen molar-refractivity contribution in [2.45, 2.75) is 32.2 Å². The third-order valence-electron chi connectivity index (χ3n) is 3.34. The molecule has 1 saturated carbocycles. The van der Waals surface area contributed by atoms with E-state index in [1.54, 1.807) is 6.92 Å². The Morgan fingerprint density at radius 3 is 2.50 bits per heavy atom. The summed E-state index contributed by atoms with van der Waals surface area (Å²) in [4.78, 5) is 25.1. The standard InChI is InChI=1S/C15H19BrN2O2/c1-11(19)18(14-6-7-14)9-8-17-15(20)10-12-2-4-13(16)5-3-12/h2-5,14H,6-10H2,1H3,(H,17,20). The van der Waals surface area contributed by atoms with Crippen molar-refractivity contribution in [1.29, 1.82) is 0 Å². The van der Waals surface area contributed by atoms with E-state index in [-0.39, 0.29) is 11.8 Å². The Hall–Kier alpha value is -1.36. The van der Waals surface area contributed by atoms with Crippen LogP contribution < -0.4 is 5.32 Å². The predicted octanol–water partition coefficient (Wildman–Crippen LogP) is 2.12. The van der Waals surface area contributed by atoms with Crippen molar-refractivity contribution >= 4 is 27.7 Å². The Morgan fingerprint density at radius 1 is 1.30 bits per heavy atom. The summed E-state index contributed by atoms with van der Waals surface area (Å²) in [5.41, 5.74) is 0.983. The van der Waals surface area contributed by atoms with Crippen LogP contribution in [0.4, 0.5) is 0 Å². The second-order valence-electron chi connectivity index (χ2n) is 5.10. The summed E-state index contributed by atoms with van der Waals surface area (Å²) in [7, 11) is 0. The molecule has 1 aromatic rings. The lowest BCUT2D eigenvalue weighted by atomic mass is 10.1. The minimum absolute atomic E-state index is 0.00776. The molecule has 1 aliphatic carbocycles. The van der Waals surface area contributed by atoms with E-state index in [1.807, 2.05) is 29.2 Å². The Morgan fingerprint density at radius 2 is 1.95 bits per heavy atom. The topological polar surface area (TPSA) is 49.4 Å². The zero-order chi connectivity index (χ0) is 14.5. The molecule has 20 heavy (non-hydrogen) atoms. The minimum atomic E-state index is -0.00776. The maximum atomic E-state index is 11.8. The van der Waals surface area contributed by atoms with Gasteiger partial charge in [-0.3, -0.25) is 9.59 Å². The molecule has 0 aliphatic heterocycles. The van der Waals surface area contributed by atoms with Gasteiger partial charge in [-0.2, -0.15) is 0 Å². The zero-order valence-electron chi connectivity index (χ0n) is 11.6. The molecule has 108 valence electrons. The first-order valence-corrected chi connectivity index (χ1v) is 7.64. The molecule has 5 heteroatoms. The van der Waals surface area contributed by atoms with Crippen molar-refractivity contribution in [2.75, 3.05) is 13.1 Å². The van der Waals surface area contributed by atoms with E-state index >= 15 is 0 Å². The SMILES string of the molecule is CC(=O)N(CCNC(=O)Cc1ccc(Br)cc1)C1CC1. The van der Waals surface area contributed by atoms with Gasteiger partial charge in [0.25, 0.3) is 0 Å². The monoisotopic (exact) mass is 338 g/mol. The molecular weight excluding hydrogens is 320 g/mol. The Balaban J connectivity index is 1.72. The number of hydrogen-bond donors (Lipinski definition) is 1. The maximum absolute atomic E-state index is 11.8. The molecule has 0 atom stereocenters. The molecular formula is C15H19BrN2O2. The molecule has 0 unspecified atom stereocenters. The number of amides is 2. The van der Waals surface area contributed by atoms with Crippen LogP contribution in [0.1, 0.15) is 25.3 Å². The van der Waals surface area contributed by atoms with E-state index in [2.05, 4.69) is 21.2 Å². The molecule has 4 nitrogen and oxygen atoms in total. The second-order valence-corrected chi connectivity index (χ2v) is 6.01. The summed E-state index contributed by atoms with van der Waals surface area (Å²) in [6.07, 6.45) is 2.55. The van der Waals surface area contributed by atoms with Gasteiger partial charge in [-0.1, -0.05) is 28.1 Å². The molecule has 2 amide bonds. The van der Waals surface area contributed by atoms with Gasteiger partial charge >= 0.3 is 0 Å². The van der Waals surface area contributed by atoms with Crippen molar-refractivity contribution in [3.8, 4) is 0 Å². The van der Waals surface area contributed by atoms with Crippen molar-refractivity contribution in [2.24, 2.45) is 0 Å². The van der Waals surface area contributed by atoms with Crippen LogP contribution in [-0.2, 0) is 16.0 Å². The quantitative estimate of drug-likeness (QED) is 0.863. The van der Waals surface area contributed by atoms with Gasteiger partial charge in [0.1, 0.15) is 0 Å². The Kier molecular flexibility index (Phi) is 5.17. The molecule has 0 spiro atoms. The zero-order valence-corrected chi connectivity index (χ0v) is 13.1. The van der Waals surface area contributed by atoms with Crippen LogP contribution in [0.15, 0.2) is 28.7 Å². The molecule has 0 heterocycles. The van der Waals surface area contributed by atoms with Crippen LogP contribution in [-0.4, -0.2) is 35.8 Å². The highest BCUT2D eigenvalue weighted by Crippen LogP contribution is 2.26. The van der Waals surface area contributed by atoms with E-state index in [0.29, 0.717) is 25.6 Å². The molecule has 1 aliphatic rings. The smallest absolute Gasteiger partial charge is 0.224 e. The summed E-state index contributed by atoms with van der Waals surface area (Å²) < 4.78 is 1.00. The first-order chi connectivity index (χ1) is 9.56. The predicted molar refractivity (Wildman–Crippen MR) is 81.3 cm³/mol. The van der Waals surface area contributed by atoms with Gasteiger partial charge in [0.05, 0.1) is 6.42 Å². The van der Waals surface area contributed by atoms with E-state index in [1.165, 1.54) is 0 Å². The molecule has 1 aromatic carbocycles. The lowest BCUT2D eigenvalue weighted by Gasteiger charge is -2.20. The molecule has 0 radical (unpaired) electrons. The van der Waals surface area contributed by atoms with Gasteiger partial charge in [0.15, 0.2) is 0 Å². The summed E-state index contributed by atoms with van der Waals surface area (Å²) in [5, 5.41) is 2.87. The average molecular weight is 339 g/mol. The van der Waals surface area contributed by atoms with E-state index in [0.717, 1.165) is 22.9 Å². The summed E-state index contributed by atoms with van der Waals surface area (Å²) in [6, 6.07) is 8.10. The number of halogens is 1. The van der Waals surface area contributed by atoms with Gasteiger partial charge < -0.3 is 10.2 Å². The van der Waals surface area contributed by atoms with Crippen molar-refractivity contribution in [1.82, 2.24) is 10.2 Å². The van der Waals surface area contributed by atoms with Crippen molar-refractivity contribution in [3.05, 3.63) is 34.3 Å². The van der Waals surface area contributed by atoms with E-state index in [4.69, 9.17) is 0 Å². The highest BCUT2D eigenvalue weighted by atomic mass is 79.9. The van der Waals surface area contributed by atoms with Gasteiger partial charge in [-0.15, -0.1) is 0 Å². The lowest BCUT2D eigenvalue weighted by Crippen LogP contribution is -2.39. The first kappa shape index (κ1) is 15.0. The third kappa shape index (κ3) is 4.63. The molecule has 0 saturated heterocycles. The Labute approximate surface area is 127 Å². The maximum Gasteiger partial charge on any atom is 0.224 e. The van der Waals surface area contributed by atoms with E-state index in [9.17, 15) is 9.59 Å². The van der Waals surface area contributed by atoms with Crippen molar-refractivity contribution in [3.63, 3.8) is 0 Å². The molecule has 1 N–H and O–H groups in total. The van der Waals surface area contributed by atoms with Crippen LogP contribution in [0.2, 0.25) is 0 Å². The van der Waals surface area contributed by atoms with Crippen LogP contribution >= 0.6 is 15.9 Å². The van der Waals surface area contributed by atoms with Gasteiger partial charge in [0.2, 0.25) is 11.8 Å². The third-order valence-corrected chi connectivity index (χ3v) is 3.87.